The summed E-state index contributed by atoms with van der Waals surface area (Å²) in [6.07, 6.45) is 0. The number of benzene rings is 2. The van der Waals surface area contributed by atoms with Gasteiger partial charge in [-0.15, -0.1) is 0 Å². The summed E-state index contributed by atoms with van der Waals surface area (Å²) >= 11 is 1.36. The summed E-state index contributed by atoms with van der Waals surface area (Å²) in [5, 5.41) is 0.368. The van der Waals surface area contributed by atoms with Crippen LogP contribution in [0, 0.1) is 0 Å². The Labute approximate surface area is 184 Å². The highest BCUT2D eigenvalue weighted by atomic mass is 32.2. The van der Waals surface area contributed by atoms with Crippen molar-refractivity contribution >= 4 is 44.0 Å². The van der Waals surface area contributed by atoms with Gasteiger partial charge in [0.15, 0.2) is 26.5 Å². The van der Waals surface area contributed by atoms with E-state index in [4.69, 9.17) is 9.47 Å². The van der Waals surface area contributed by atoms with Crippen molar-refractivity contribution in [1.29, 1.82) is 0 Å². The third-order valence-corrected chi connectivity index (χ3v) is 8.74. The summed E-state index contributed by atoms with van der Waals surface area (Å²) in [5.74, 6) is 0.855. The molecule has 2 saturated heterocycles. The van der Waals surface area contributed by atoms with E-state index in [1.165, 1.54) is 11.8 Å². The number of amidine groups is 1. The fourth-order valence-electron chi connectivity index (χ4n) is 3.96. The molecule has 2 fully saturated rings. The molecule has 3 aliphatic rings. The Morgan fingerprint density at radius 2 is 1.84 bits per heavy atom. The van der Waals surface area contributed by atoms with Gasteiger partial charge in [0, 0.05) is 36.3 Å². The van der Waals surface area contributed by atoms with Gasteiger partial charge in [-0.05, 0) is 42.5 Å². The SMILES string of the molecule is CN(C)c1ccc(N2C(=NC(=O)c3ccc4c(c3)OCO4)S[C@H]3CS(=O)(=O)C[C@H]32)cc1. The smallest absolute Gasteiger partial charge is 0.279 e. The zero-order valence-electron chi connectivity index (χ0n) is 17.0. The molecule has 3 aliphatic heterocycles. The second-order valence-corrected chi connectivity index (χ2v) is 11.2. The van der Waals surface area contributed by atoms with E-state index in [0.29, 0.717) is 22.2 Å². The molecule has 8 nitrogen and oxygen atoms in total. The number of fused-ring (bicyclic) bond motifs is 2. The fourth-order valence-corrected chi connectivity index (χ4v) is 7.87. The second-order valence-electron chi connectivity index (χ2n) is 7.85. The quantitative estimate of drug-likeness (QED) is 0.692. The van der Waals surface area contributed by atoms with Crippen molar-refractivity contribution < 1.29 is 22.7 Å². The van der Waals surface area contributed by atoms with E-state index in [1.807, 2.05) is 48.2 Å². The van der Waals surface area contributed by atoms with E-state index >= 15 is 0 Å². The van der Waals surface area contributed by atoms with E-state index < -0.39 is 15.7 Å². The topological polar surface area (TPSA) is 88.5 Å². The Balaban J connectivity index is 1.49. The molecule has 31 heavy (non-hydrogen) atoms. The molecule has 2 aromatic carbocycles. The van der Waals surface area contributed by atoms with Crippen LogP contribution >= 0.6 is 11.8 Å². The summed E-state index contributed by atoms with van der Waals surface area (Å²) < 4.78 is 35.1. The molecule has 2 aromatic rings. The number of aliphatic imine (C=N–C) groups is 1. The Morgan fingerprint density at radius 3 is 2.58 bits per heavy atom. The van der Waals surface area contributed by atoms with Crippen LogP contribution < -0.4 is 19.3 Å². The van der Waals surface area contributed by atoms with Crippen LogP contribution in [-0.4, -0.2) is 63.2 Å². The zero-order chi connectivity index (χ0) is 21.8. The van der Waals surface area contributed by atoms with Crippen LogP contribution in [0.4, 0.5) is 11.4 Å². The van der Waals surface area contributed by atoms with Gasteiger partial charge in [-0.1, -0.05) is 11.8 Å². The van der Waals surface area contributed by atoms with Gasteiger partial charge in [0.1, 0.15) is 0 Å². The summed E-state index contributed by atoms with van der Waals surface area (Å²) in [6, 6.07) is 12.5. The lowest BCUT2D eigenvalue weighted by Crippen LogP contribution is -2.37. The molecule has 162 valence electrons. The third kappa shape index (κ3) is 3.74. The number of rotatable bonds is 3. The molecule has 0 aromatic heterocycles. The van der Waals surface area contributed by atoms with Crippen molar-refractivity contribution in [1.82, 2.24) is 0 Å². The van der Waals surface area contributed by atoms with Crippen molar-refractivity contribution in [3.8, 4) is 11.5 Å². The molecule has 0 N–H and O–H groups in total. The fraction of sp³-hybridized carbons (Fsp3) is 0.333. The summed E-state index contributed by atoms with van der Waals surface area (Å²) in [4.78, 5) is 21.2. The molecule has 5 rings (SSSR count). The maximum absolute atomic E-state index is 12.9. The van der Waals surface area contributed by atoms with E-state index in [2.05, 4.69) is 4.99 Å². The second kappa shape index (κ2) is 7.45. The Bertz CT molecular complexity index is 1180. The lowest BCUT2D eigenvalue weighted by atomic mass is 10.2. The number of amides is 1. The largest absolute Gasteiger partial charge is 0.454 e. The first-order valence-electron chi connectivity index (χ1n) is 9.77. The molecule has 0 spiro atoms. The average molecular weight is 460 g/mol. The summed E-state index contributed by atoms with van der Waals surface area (Å²) in [5.41, 5.74) is 2.24. The van der Waals surface area contributed by atoms with Gasteiger partial charge in [-0.2, -0.15) is 4.99 Å². The van der Waals surface area contributed by atoms with Crippen molar-refractivity contribution in [3.63, 3.8) is 0 Å². The number of carbonyl (C=O) groups excluding carboxylic acids is 1. The van der Waals surface area contributed by atoms with E-state index in [9.17, 15) is 13.2 Å². The highest BCUT2D eigenvalue weighted by Gasteiger charge is 2.49. The lowest BCUT2D eigenvalue weighted by molar-refractivity contribution is 0.100. The van der Waals surface area contributed by atoms with Crippen molar-refractivity contribution in [2.45, 2.75) is 11.3 Å². The minimum Gasteiger partial charge on any atom is -0.454 e. The molecule has 0 aliphatic carbocycles. The molecule has 2 atom stereocenters. The number of hydrogen-bond donors (Lipinski definition) is 0. The normalized spacial score (nSPS) is 24.5. The average Bonchev–Trinajstić information content (AvgIpc) is 3.39. The van der Waals surface area contributed by atoms with Gasteiger partial charge in [0.25, 0.3) is 5.91 Å². The van der Waals surface area contributed by atoms with E-state index in [-0.39, 0.29) is 29.6 Å². The number of ether oxygens (including phenoxy) is 2. The van der Waals surface area contributed by atoms with Crippen LogP contribution in [0.2, 0.25) is 0 Å². The molecule has 1 amide bonds. The first-order valence-corrected chi connectivity index (χ1v) is 12.5. The van der Waals surface area contributed by atoms with Crippen LogP contribution in [0.1, 0.15) is 10.4 Å². The Kier molecular flexibility index (Phi) is 4.86. The van der Waals surface area contributed by atoms with Gasteiger partial charge in [0.2, 0.25) is 6.79 Å². The van der Waals surface area contributed by atoms with Gasteiger partial charge >= 0.3 is 0 Å². The van der Waals surface area contributed by atoms with Crippen molar-refractivity contribution in [2.24, 2.45) is 4.99 Å². The van der Waals surface area contributed by atoms with Gasteiger partial charge in [-0.25, -0.2) is 8.42 Å². The first-order chi connectivity index (χ1) is 14.8. The lowest BCUT2D eigenvalue weighted by Gasteiger charge is -2.25. The molecule has 0 radical (unpaired) electrons. The Morgan fingerprint density at radius 1 is 1.10 bits per heavy atom. The number of carbonyl (C=O) groups is 1. The monoisotopic (exact) mass is 459 g/mol. The van der Waals surface area contributed by atoms with Crippen LogP contribution in [0.15, 0.2) is 47.5 Å². The van der Waals surface area contributed by atoms with Crippen LogP contribution in [0.25, 0.3) is 0 Å². The number of anilines is 2. The summed E-state index contributed by atoms with van der Waals surface area (Å²) in [7, 11) is 0.791. The van der Waals surface area contributed by atoms with Crippen molar-refractivity contribution in [2.75, 3.05) is 42.2 Å². The molecule has 0 saturated carbocycles. The minimum atomic E-state index is -3.12. The maximum atomic E-state index is 12.9. The predicted molar refractivity (Wildman–Crippen MR) is 121 cm³/mol. The highest BCUT2D eigenvalue weighted by molar-refractivity contribution is 8.16. The number of hydrogen-bond acceptors (Lipinski definition) is 7. The predicted octanol–water partition coefficient (Wildman–Crippen LogP) is 2.40. The molecular weight excluding hydrogens is 438 g/mol. The number of thioether (sulfide) groups is 1. The van der Waals surface area contributed by atoms with Crippen LogP contribution in [0.3, 0.4) is 0 Å². The minimum absolute atomic E-state index is 0.0529. The molecule has 0 unspecified atom stereocenters. The third-order valence-electron chi connectivity index (χ3n) is 5.53. The van der Waals surface area contributed by atoms with Crippen molar-refractivity contribution in [3.05, 3.63) is 48.0 Å². The standard InChI is InChI=1S/C21H21N3O5S2/c1-23(2)14-4-6-15(7-5-14)24-16-10-31(26,27)11-19(16)30-21(24)22-20(25)13-3-8-17-18(9-13)29-12-28-17/h3-9,16,19H,10-12H2,1-2H3/t16-,19+/m1/s1. The highest BCUT2D eigenvalue weighted by Crippen LogP contribution is 2.41. The molecule has 0 bridgehead atoms. The molecule has 10 heteroatoms. The maximum Gasteiger partial charge on any atom is 0.279 e. The number of sulfone groups is 1. The number of nitrogens with zero attached hydrogens (tertiary/aromatic N) is 3. The van der Waals surface area contributed by atoms with Gasteiger partial charge < -0.3 is 19.3 Å². The van der Waals surface area contributed by atoms with E-state index in [0.717, 1.165) is 11.4 Å². The van der Waals surface area contributed by atoms with Crippen LogP contribution in [-0.2, 0) is 9.84 Å². The van der Waals surface area contributed by atoms with E-state index in [1.54, 1.807) is 18.2 Å². The first kappa shape index (κ1) is 20.2. The van der Waals surface area contributed by atoms with Gasteiger partial charge in [0.05, 0.1) is 17.5 Å². The summed E-state index contributed by atoms with van der Waals surface area (Å²) in [6.45, 7) is 0.131. The Hall–Kier alpha value is -2.72. The van der Waals surface area contributed by atoms with Gasteiger partial charge in [-0.3, -0.25) is 4.79 Å². The zero-order valence-corrected chi connectivity index (χ0v) is 18.6. The van der Waals surface area contributed by atoms with Crippen LogP contribution in [0.5, 0.6) is 11.5 Å². The molecule has 3 heterocycles. The molecular formula is C21H21N3O5S2.